The largest absolute Gasteiger partial charge is 0.573 e. The molecule has 144 valence electrons. The molecule has 1 N–H and O–H groups in total. The number of ether oxygens (including phenoxy) is 1. The molecule has 1 saturated heterocycles. The molecular formula is C19H20F3N3O2. The number of likely N-dealkylation sites (N-methyl/N-ethyl adjacent to an activating group) is 1. The fourth-order valence-electron chi connectivity index (χ4n) is 2.90. The van der Waals surface area contributed by atoms with Crippen molar-refractivity contribution >= 4 is 17.3 Å². The normalized spacial score (nSPS) is 15.5. The maximum atomic E-state index is 12.5. The highest BCUT2D eigenvalue weighted by Gasteiger charge is 2.31. The molecule has 2 aromatic carbocycles. The van der Waals surface area contributed by atoms with Crippen molar-refractivity contribution in [3.8, 4) is 5.75 Å². The van der Waals surface area contributed by atoms with E-state index >= 15 is 0 Å². The summed E-state index contributed by atoms with van der Waals surface area (Å²) in [7, 11) is 2.07. The minimum atomic E-state index is -4.76. The van der Waals surface area contributed by atoms with Gasteiger partial charge in [0.1, 0.15) is 5.75 Å². The number of piperazine rings is 1. The first-order chi connectivity index (χ1) is 12.8. The summed E-state index contributed by atoms with van der Waals surface area (Å²) in [6.45, 7) is 3.58. The van der Waals surface area contributed by atoms with Crippen molar-refractivity contribution in [1.29, 1.82) is 0 Å². The molecule has 0 aliphatic carbocycles. The van der Waals surface area contributed by atoms with E-state index in [1.54, 1.807) is 0 Å². The Hall–Kier alpha value is -2.74. The molecule has 1 fully saturated rings. The van der Waals surface area contributed by atoms with Crippen LogP contribution in [0.15, 0.2) is 48.5 Å². The fraction of sp³-hybridized carbons (Fsp3) is 0.316. The number of nitrogens with one attached hydrogen (secondary N) is 1. The minimum Gasteiger partial charge on any atom is -0.406 e. The molecule has 2 aromatic rings. The average molecular weight is 379 g/mol. The molecule has 0 spiro atoms. The Morgan fingerprint density at radius 3 is 2.26 bits per heavy atom. The van der Waals surface area contributed by atoms with E-state index in [1.807, 2.05) is 24.3 Å². The summed E-state index contributed by atoms with van der Waals surface area (Å²) >= 11 is 0. The van der Waals surface area contributed by atoms with Crippen LogP contribution in [-0.4, -0.2) is 50.4 Å². The average Bonchev–Trinajstić information content (AvgIpc) is 2.62. The second kappa shape index (κ2) is 7.87. The van der Waals surface area contributed by atoms with Crippen molar-refractivity contribution in [2.24, 2.45) is 0 Å². The summed E-state index contributed by atoms with van der Waals surface area (Å²) in [5.41, 5.74) is 1.84. The highest BCUT2D eigenvalue weighted by atomic mass is 19.4. The highest BCUT2D eigenvalue weighted by molar-refractivity contribution is 6.06. The van der Waals surface area contributed by atoms with E-state index in [2.05, 4.69) is 26.9 Å². The van der Waals surface area contributed by atoms with Gasteiger partial charge in [0, 0.05) is 31.7 Å². The van der Waals surface area contributed by atoms with Crippen molar-refractivity contribution in [3.05, 3.63) is 54.1 Å². The predicted molar refractivity (Wildman–Crippen MR) is 97.2 cm³/mol. The van der Waals surface area contributed by atoms with Crippen molar-refractivity contribution in [1.82, 2.24) is 4.90 Å². The number of halogens is 3. The second-order valence-corrected chi connectivity index (χ2v) is 6.33. The number of para-hydroxylation sites is 2. The molecule has 1 aliphatic heterocycles. The summed E-state index contributed by atoms with van der Waals surface area (Å²) in [4.78, 5) is 16.9. The minimum absolute atomic E-state index is 0.248. The van der Waals surface area contributed by atoms with E-state index in [0.29, 0.717) is 5.69 Å². The van der Waals surface area contributed by atoms with E-state index in [-0.39, 0.29) is 11.3 Å². The molecule has 1 amide bonds. The van der Waals surface area contributed by atoms with Crippen LogP contribution in [0.5, 0.6) is 5.75 Å². The number of rotatable bonds is 4. The Morgan fingerprint density at radius 2 is 1.63 bits per heavy atom. The van der Waals surface area contributed by atoms with Crippen LogP contribution in [-0.2, 0) is 0 Å². The van der Waals surface area contributed by atoms with E-state index in [1.165, 1.54) is 12.1 Å². The fourth-order valence-corrected chi connectivity index (χ4v) is 2.90. The van der Waals surface area contributed by atoms with Crippen LogP contribution in [0.2, 0.25) is 0 Å². The van der Waals surface area contributed by atoms with Gasteiger partial charge in [0.15, 0.2) is 0 Å². The lowest BCUT2D eigenvalue weighted by Gasteiger charge is -2.35. The molecule has 0 aromatic heterocycles. The monoisotopic (exact) mass is 379 g/mol. The zero-order valence-corrected chi connectivity index (χ0v) is 14.8. The van der Waals surface area contributed by atoms with Crippen LogP contribution < -0.4 is 15.0 Å². The van der Waals surface area contributed by atoms with Crippen molar-refractivity contribution in [2.45, 2.75) is 6.36 Å². The van der Waals surface area contributed by atoms with Crippen LogP contribution in [0, 0.1) is 0 Å². The van der Waals surface area contributed by atoms with Crippen LogP contribution in [0.3, 0.4) is 0 Å². The lowest BCUT2D eigenvalue weighted by molar-refractivity contribution is -0.274. The number of hydrogen-bond donors (Lipinski definition) is 1. The van der Waals surface area contributed by atoms with Crippen molar-refractivity contribution < 1.29 is 22.7 Å². The molecule has 1 aliphatic rings. The molecule has 0 saturated carbocycles. The van der Waals surface area contributed by atoms with Crippen molar-refractivity contribution in [2.75, 3.05) is 43.4 Å². The zero-order chi connectivity index (χ0) is 19.4. The predicted octanol–water partition coefficient (Wildman–Crippen LogP) is 3.59. The Kier molecular flexibility index (Phi) is 5.55. The standard InChI is InChI=1S/C19H20F3N3O2/c1-24-10-12-25(13-11-24)17-5-3-2-4-16(17)23-18(26)14-6-8-15(9-7-14)27-19(20,21)22/h2-9H,10-13H2,1H3,(H,23,26). The molecule has 8 heteroatoms. The molecule has 0 radical (unpaired) electrons. The molecule has 3 rings (SSSR count). The first-order valence-corrected chi connectivity index (χ1v) is 8.51. The van der Waals surface area contributed by atoms with E-state index in [9.17, 15) is 18.0 Å². The molecule has 0 unspecified atom stereocenters. The van der Waals surface area contributed by atoms with Crippen LogP contribution in [0.1, 0.15) is 10.4 Å². The Morgan fingerprint density at radius 1 is 1.00 bits per heavy atom. The van der Waals surface area contributed by atoms with E-state index in [4.69, 9.17) is 0 Å². The number of amides is 1. The Labute approximate surface area is 155 Å². The molecular weight excluding hydrogens is 359 g/mol. The third-order valence-electron chi connectivity index (χ3n) is 4.35. The van der Waals surface area contributed by atoms with Gasteiger partial charge in [-0.15, -0.1) is 13.2 Å². The maximum absolute atomic E-state index is 12.5. The van der Waals surface area contributed by atoms with Gasteiger partial charge >= 0.3 is 6.36 Å². The highest BCUT2D eigenvalue weighted by Crippen LogP contribution is 2.27. The smallest absolute Gasteiger partial charge is 0.406 e. The van der Waals surface area contributed by atoms with E-state index < -0.39 is 12.3 Å². The Balaban J connectivity index is 1.71. The van der Waals surface area contributed by atoms with Gasteiger partial charge in [-0.1, -0.05) is 12.1 Å². The van der Waals surface area contributed by atoms with Gasteiger partial charge in [-0.05, 0) is 43.4 Å². The third-order valence-corrected chi connectivity index (χ3v) is 4.35. The number of nitrogens with zero attached hydrogens (tertiary/aromatic N) is 2. The third kappa shape index (κ3) is 5.13. The number of carbonyl (C=O) groups is 1. The SMILES string of the molecule is CN1CCN(c2ccccc2NC(=O)c2ccc(OC(F)(F)F)cc2)CC1. The molecule has 5 nitrogen and oxygen atoms in total. The number of anilines is 2. The van der Waals surface area contributed by atoms with Gasteiger partial charge in [0.05, 0.1) is 11.4 Å². The number of carbonyl (C=O) groups excluding carboxylic acids is 1. The van der Waals surface area contributed by atoms with Gasteiger partial charge in [-0.25, -0.2) is 0 Å². The molecule has 27 heavy (non-hydrogen) atoms. The van der Waals surface area contributed by atoms with E-state index in [0.717, 1.165) is 44.0 Å². The second-order valence-electron chi connectivity index (χ2n) is 6.33. The summed E-state index contributed by atoms with van der Waals surface area (Å²) in [5, 5.41) is 2.85. The summed E-state index contributed by atoms with van der Waals surface area (Å²) in [5.74, 6) is -0.757. The van der Waals surface area contributed by atoms with Crippen LogP contribution in [0.4, 0.5) is 24.5 Å². The maximum Gasteiger partial charge on any atom is 0.573 e. The molecule has 1 heterocycles. The van der Waals surface area contributed by atoms with Crippen LogP contribution in [0.25, 0.3) is 0 Å². The van der Waals surface area contributed by atoms with Crippen molar-refractivity contribution in [3.63, 3.8) is 0 Å². The Bertz CT molecular complexity index is 786. The lowest BCUT2D eigenvalue weighted by atomic mass is 10.1. The number of alkyl halides is 3. The first-order valence-electron chi connectivity index (χ1n) is 8.51. The van der Waals surface area contributed by atoms with Crippen LogP contribution >= 0.6 is 0 Å². The summed E-state index contributed by atoms with van der Waals surface area (Å²) in [6, 6.07) is 12.3. The molecule has 0 atom stereocenters. The quantitative estimate of drug-likeness (QED) is 0.882. The lowest BCUT2D eigenvalue weighted by Crippen LogP contribution is -2.44. The van der Waals surface area contributed by atoms with Gasteiger partial charge in [0.2, 0.25) is 0 Å². The van der Waals surface area contributed by atoms with Gasteiger partial charge in [0.25, 0.3) is 5.91 Å². The number of hydrogen-bond acceptors (Lipinski definition) is 4. The van der Waals surface area contributed by atoms with Gasteiger partial charge in [-0.2, -0.15) is 0 Å². The van der Waals surface area contributed by atoms with Gasteiger partial charge in [-0.3, -0.25) is 4.79 Å². The summed E-state index contributed by atoms with van der Waals surface area (Å²) < 4.78 is 40.5. The topological polar surface area (TPSA) is 44.8 Å². The molecule has 0 bridgehead atoms. The zero-order valence-electron chi connectivity index (χ0n) is 14.8. The number of benzene rings is 2. The summed E-state index contributed by atoms with van der Waals surface area (Å²) in [6.07, 6.45) is -4.76. The first kappa shape index (κ1) is 19.0. The van der Waals surface area contributed by atoms with Gasteiger partial charge < -0.3 is 19.9 Å².